The second kappa shape index (κ2) is 27.5. The highest BCUT2D eigenvalue weighted by Crippen LogP contribution is 2.08. The Labute approximate surface area is 329 Å². The Kier molecular flexibility index (Phi) is 25.0. The Balaban J connectivity index is 5.30. The van der Waals surface area contributed by atoms with Crippen LogP contribution in [-0.4, -0.2) is 139 Å². The lowest BCUT2D eigenvalue weighted by atomic mass is 10.0. The van der Waals surface area contributed by atoms with Crippen molar-refractivity contribution in [2.24, 2.45) is 44.6 Å². The number of nitrogens with one attached hydrogen (secondary N) is 7. The number of carbonyl (C=O) groups is 8. The molecule has 0 saturated heterocycles. The molecule has 312 valence electrons. The highest BCUT2D eigenvalue weighted by molar-refractivity contribution is 7.80. The maximum Gasteiger partial charge on any atom is 0.327 e. The number of guanidine groups is 2. The van der Waals surface area contributed by atoms with Gasteiger partial charge in [-0.05, 0) is 38.0 Å². The first-order chi connectivity index (χ1) is 25.8. The molecule has 55 heavy (non-hydrogen) atoms. The zero-order valence-electron chi connectivity index (χ0n) is 30.8. The van der Waals surface area contributed by atoms with Crippen LogP contribution in [0.25, 0.3) is 0 Å². The van der Waals surface area contributed by atoms with E-state index in [9.17, 15) is 43.5 Å². The molecule has 18 N–H and O–H groups in total. The third kappa shape index (κ3) is 23.4. The smallest absolute Gasteiger partial charge is 0.327 e. The van der Waals surface area contributed by atoms with Crippen molar-refractivity contribution in [3.05, 3.63) is 0 Å². The molecule has 0 radical (unpaired) electrons. The van der Waals surface area contributed by atoms with Crippen LogP contribution < -0.4 is 65.9 Å². The summed E-state index contributed by atoms with van der Waals surface area (Å²) in [5.74, 6) is -7.17. The minimum Gasteiger partial charge on any atom is -0.480 e. The van der Waals surface area contributed by atoms with Gasteiger partial charge in [-0.2, -0.15) is 25.3 Å². The summed E-state index contributed by atoms with van der Waals surface area (Å²) in [6, 6.07) is -5.76. The van der Waals surface area contributed by atoms with Gasteiger partial charge in [-0.3, -0.25) is 43.5 Å². The first kappa shape index (κ1) is 50.0. The Bertz CT molecular complexity index is 1380. The zero-order valence-corrected chi connectivity index (χ0v) is 32.6. The average Bonchev–Trinajstić information content (AvgIpc) is 3.11. The van der Waals surface area contributed by atoms with Gasteiger partial charge in [0.1, 0.15) is 24.2 Å². The number of amides is 7. The van der Waals surface area contributed by atoms with Crippen molar-refractivity contribution in [3.8, 4) is 0 Å². The summed E-state index contributed by atoms with van der Waals surface area (Å²) >= 11 is 7.90. The van der Waals surface area contributed by atoms with Gasteiger partial charge in [0.05, 0.1) is 25.7 Å². The van der Waals surface area contributed by atoms with Gasteiger partial charge >= 0.3 is 5.97 Å². The van der Waals surface area contributed by atoms with Crippen molar-refractivity contribution in [2.45, 2.75) is 76.2 Å². The van der Waals surface area contributed by atoms with Crippen LogP contribution in [0.2, 0.25) is 0 Å². The minimum absolute atomic E-state index is 0.0112. The molecule has 0 aliphatic carbocycles. The highest BCUT2D eigenvalue weighted by atomic mass is 32.1. The number of aliphatic carboxylic acids is 1. The maximum absolute atomic E-state index is 13.3. The third-order valence-electron chi connectivity index (χ3n) is 7.16. The molecule has 0 spiro atoms. The summed E-state index contributed by atoms with van der Waals surface area (Å²) in [6.45, 7) is 2.09. The van der Waals surface area contributed by atoms with Crippen molar-refractivity contribution < 1.29 is 43.5 Å². The number of hydrogen-bond acceptors (Lipinski definition) is 13. The normalized spacial score (nSPS) is 13.3. The second-order valence-corrected chi connectivity index (χ2v) is 13.1. The maximum atomic E-state index is 13.3. The van der Waals surface area contributed by atoms with E-state index < -0.39 is 97.2 Å². The van der Waals surface area contributed by atoms with Crippen LogP contribution in [0.15, 0.2) is 9.98 Å². The van der Waals surface area contributed by atoms with E-state index in [1.54, 1.807) is 13.8 Å². The average molecular weight is 821 g/mol. The van der Waals surface area contributed by atoms with E-state index in [4.69, 9.17) is 28.7 Å². The Morgan fingerprint density at radius 2 is 1.02 bits per heavy atom. The molecule has 0 bridgehead atoms. The molecule has 25 heteroatoms. The molecule has 0 rings (SSSR count). The molecule has 0 aliphatic rings. The van der Waals surface area contributed by atoms with Gasteiger partial charge in [0.2, 0.25) is 41.4 Å². The SMILES string of the molecule is CC(C)C[C@H](NC(=O)[C@H](CCCN=C(N)N)NC(=O)CNC(=O)CNC(=O)CNC(=O)[C@H](CCCN=C(N)N)NC(=O)[C@@H](N)CS)C(=O)N[C@@H](CS)C(=O)O. The van der Waals surface area contributed by atoms with Crippen LogP contribution in [0.3, 0.4) is 0 Å². The lowest BCUT2D eigenvalue weighted by Gasteiger charge is -2.25. The quantitative estimate of drug-likeness (QED) is 0.0159. The van der Waals surface area contributed by atoms with E-state index in [0.29, 0.717) is 6.42 Å². The molecule has 0 aromatic heterocycles. The van der Waals surface area contributed by atoms with Gasteiger partial charge in [-0.15, -0.1) is 0 Å². The van der Waals surface area contributed by atoms with E-state index in [1.165, 1.54) is 0 Å². The predicted octanol–water partition coefficient (Wildman–Crippen LogP) is -6.30. The van der Waals surface area contributed by atoms with E-state index in [-0.39, 0.29) is 68.1 Å². The van der Waals surface area contributed by atoms with Crippen molar-refractivity contribution in [1.82, 2.24) is 37.2 Å². The van der Waals surface area contributed by atoms with Gasteiger partial charge in [0, 0.05) is 24.6 Å². The molecular formula is C30H56N14O9S2. The van der Waals surface area contributed by atoms with Gasteiger partial charge < -0.3 is 71.0 Å². The first-order valence-electron chi connectivity index (χ1n) is 17.1. The fourth-order valence-corrected chi connectivity index (χ4v) is 4.77. The van der Waals surface area contributed by atoms with Crippen LogP contribution in [0.4, 0.5) is 0 Å². The number of nitrogens with zero attached hydrogens (tertiary/aromatic N) is 2. The Morgan fingerprint density at radius 1 is 0.582 bits per heavy atom. The summed E-state index contributed by atoms with van der Waals surface area (Å²) in [5, 5.41) is 26.0. The van der Waals surface area contributed by atoms with Crippen molar-refractivity contribution >= 4 is 84.5 Å². The van der Waals surface area contributed by atoms with E-state index in [2.05, 4.69) is 72.5 Å². The lowest BCUT2D eigenvalue weighted by Crippen LogP contribution is -2.57. The van der Waals surface area contributed by atoms with Gasteiger partial charge in [0.15, 0.2) is 11.9 Å². The fraction of sp³-hybridized carbons (Fsp3) is 0.667. The van der Waals surface area contributed by atoms with Gasteiger partial charge in [0.25, 0.3) is 0 Å². The van der Waals surface area contributed by atoms with Crippen LogP contribution in [0.5, 0.6) is 0 Å². The number of carboxylic acids is 1. The second-order valence-electron chi connectivity index (χ2n) is 12.4. The lowest BCUT2D eigenvalue weighted by molar-refractivity contribution is -0.141. The molecule has 0 unspecified atom stereocenters. The predicted molar refractivity (Wildman–Crippen MR) is 209 cm³/mol. The number of nitrogens with two attached hydrogens (primary N) is 5. The van der Waals surface area contributed by atoms with Crippen LogP contribution in [-0.2, 0) is 38.4 Å². The molecule has 0 aliphatic heterocycles. The molecule has 0 heterocycles. The minimum atomic E-state index is -1.31. The van der Waals surface area contributed by atoms with E-state index in [1.807, 2.05) is 0 Å². The molecule has 0 fully saturated rings. The van der Waals surface area contributed by atoms with Crippen LogP contribution >= 0.6 is 25.3 Å². The van der Waals surface area contributed by atoms with E-state index >= 15 is 0 Å². The van der Waals surface area contributed by atoms with Crippen molar-refractivity contribution in [1.29, 1.82) is 0 Å². The van der Waals surface area contributed by atoms with Gasteiger partial charge in [-0.1, -0.05) is 13.8 Å². The van der Waals surface area contributed by atoms with Crippen molar-refractivity contribution in [3.63, 3.8) is 0 Å². The number of carboxylic acid groups (broad SMARTS) is 1. The molecule has 23 nitrogen and oxygen atoms in total. The monoisotopic (exact) mass is 820 g/mol. The third-order valence-corrected chi connectivity index (χ3v) is 7.92. The molecule has 0 saturated carbocycles. The molecular weight excluding hydrogens is 765 g/mol. The van der Waals surface area contributed by atoms with Crippen molar-refractivity contribution in [2.75, 3.05) is 44.2 Å². The van der Waals surface area contributed by atoms with E-state index in [0.717, 1.165) is 0 Å². The number of aliphatic imine (C=N–C) groups is 2. The number of hydrogen-bond donors (Lipinski definition) is 15. The summed E-state index contributed by atoms with van der Waals surface area (Å²) in [4.78, 5) is 108. The summed E-state index contributed by atoms with van der Waals surface area (Å²) in [5.41, 5.74) is 27.0. The topological polar surface area (TPSA) is 396 Å². The fourth-order valence-electron chi connectivity index (χ4n) is 4.36. The number of rotatable bonds is 27. The van der Waals surface area contributed by atoms with Gasteiger partial charge in [-0.25, -0.2) is 4.79 Å². The Morgan fingerprint density at radius 3 is 1.47 bits per heavy atom. The summed E-state index contributed by atoms with van der Waals surface area (Å²) in [6.07, 6.45) is 0.783. The van der Waals surface area contributed by atoms with Crippen LogP contribution in [0, 0.1) is 5.92 Å². The summed E-state index contributed by atoms with van der Waals surface area (Å²) in [7, 11) is 0. The molecule has 0 aromatic carbocycles. The zero-order chi connectivity index (χ0) is 42.1. The largest absolute Gasteiger partial charge is 0.480 e. The molecule has 5 atom stereocenters. The molecule has 7 amide bonds. The number of carbonyl (C=O) groups excluding carboxylic acids is 7. The Hall–Kier alpha value is -5.04. The summed E-state index contributed by atoms with van der Waals surface area (Å²) < 4.78 is 0. The van der Waals surface area contributed by atoms with Crippen LogP contribution in [0.1, 0.15) is 46.0 Å². The standard InChI is InChI=1S/C30H56N14O9S2/c1-15(2)9-19(27(51)44-20(14-55)28(52)53)43-26(50)18(6-4-8-37-30(34)35)41-23(47)12-39-21(45)10-38-22(46)11-40-25(49)17(5-3-7-36-29(32)33)42-24(48)16(31)13-54/h15-20,54-55H,3-14,31H2,1-2H3,(H,38,46)(H,39,45)(H,40,49)(H,41,47)(H,42,48)(H,43,50)(H,44,51)(H,52,53)(H4,32,33,36)(H4,34,35,37)/t16-,17-,18-,19-,20-/m0/s1. The number of thiol groups is 2. The molecule has 0 aromatic rings. The first-order valence-corrected chi connectivity index (χ1v) is 18.4. The highest BCUT2D eigenvalue weighted by Gasteiger charge is 2.30.